The number of carbonyl (C=O) groups excluding carboxylic acids is 2. The van der Waals surface area contributed by atoms with E-state index < -0.39 is 11.9 Å². The Kier molecular flexibility index (Phi) is 5.91. The predicted molar refractivity (Wildman–Crippen MR) is 95.3 cm³/mol. The predicted octanol–water partition coefficient (Wildman–Crippen LogP) is 3.47. The lowest BCUT2D eigenvalue weighted by Crippen LogP contribution is -2.21. The lowest BCUT2D eigenvalue weighted by atomic mass is 10.00. The Labute approximate surface area is 147 Å². The fraction of sp³-hybridized carbons (Fsp3) is 0.250. The number of amides is 1. The highest BCUT2D eigenvalue weighted by atomic mass is 16.5. The van der Waals surface area contributed by atoms with Crippen LogP contribution in [0.5, 0.6) is 0 Å². The molecule has 5 nitrogen and oxygen atoms in total. The van der Waals surface area contributed by atoms with Crippen molar-refractivity contribution in [2.75, 3.05) is 11.9 Å². The second-order valence-electron chi connectivity index (χ2n) is 5.93. The van der Waals surface area contributed by atoms with Gasteiger partial charge in [-0.05, 0) is 49.6 Å². The molecule has 0 aromatic heterocycles. The van der Waals surface area contributed by atoms with Gasteiger partial charge in [0.1, 0.15) is 0 Å². The van der Waals surface area contributed by atoms with E-state index in [1.807, 2.05) is 32.9 Å². The number of benzene rings is 2. The topological polar surface area (TPSA) is 79.2 Å². The van der Waals surface area contributed by atoms with Gasteiger partial charge in [0.25, 0.3) is 5.91 Å². The van der Waals surface area contributed by atoms with Gasteiger partial charge in [-0.25, -0.2) is 4.79 Å². The summed E-state index contributed by atoms with van der Waals surface area (Å²) in [6.45, 7) is 5.30. The first-order chi connectivity index (χ1) is 11.9. The average Bonchev–Trinajstić information content (AvgIpc) is 2.54. The number of anilines is 1. The smallest absolute Gasteiger partial charge is 0.339 e. The van der Waals surface area contributed by atoms with Gasteiger partial charge in [-0.1, -0.05) is 29.8 Å². The summed E-state index contributed by atoms with van der Waals surface area (Å²) in [5, 5.41) is 11.3. The summed E-state index contributed by atoms with van der Waals surface area (Å²) in [5.41, 5.74) is 4.69. The van der Waals surface area contributed by atoms with Crippen molar-refractivity contribution < 1.29 is 14.3 Å². The van der Waals surface area contributed by atoms with Gasteiger partial charge < -0.3 is 10.1 Å². The van der Waals surface area contributed by atoms with Crippen LogP contribution < -0.4 is 5.32 Å². The zero-order valence-corrected chi connectivity index (χ0v) is 14.6. The van der Waals surface area contributed by atoms with Gasteiger partial charge in [0.2, 0.25) is 0 Å². The summed E-state index contributed by atoms with van der Waals surface area (Å²) in [6.07, 6.45) is 0.321. The van der Waals surface area contributed by atoms with E-state index in [2.05, 4.69) is 11.4 Å². The maximum absolute atomic E-state index is 12.2. The van der Waals surface area contributed by atoms with E-state index in [1.165, 1.54) is 0 Å². The van der Waals surface area contributed by atoms with E-state index in [-0.39, 0.29) is 6.61 Å². The molecule has 2 rings (SSSR count). The van der Waals surface area contributed by atoms with Crippen LogP contribution >= 0.6 is 0 Å². The van der Waals surface area contributed by atoms with Gasteiger partial charge in [0, 0.05) is 5.69 Å². The minimum Gasteiger partial charge on any atom is -0.452 e. The molecule has 0 fully saturated rings. The Morgan fingerprint density at radius 3 is 2.24 bits per heavy atom. The highest BCUT2D eigenvalue weighted by Gasteiger charge is 2.15. The molecule has 2 aromatic rings. The second kappa shape index (κ2) is 8.11. The maximum Gasteiger partial charge on any atom is 0.339 e. The van der Waals surface area contributed by atoms with E-state index in [1.54, 1.807) is 24.3 Å². The van der Waals surface area contributed by atoms with Crippen LogP contribution in [0.25, 0.3) is 0 Å². The average molecular weight is 336 g/mol. The molecule has 2 aromatic carbocycles. The Hall–Kier alpha value is -3.13. The molecular formula is C20H20N2O3. The van der Waals surface area contributed by atoms with Crippen molar-refractivity contribution in [3.05, 3.63) is 64.2 Å². The van der Waals surface area contributed by atoms with Crippen LogP contribution in [-0.4, -0.2) is 18.5 Å². The summed E-state index contributed by atoms with van der Waals surface area (Å²) in [5.74, 6) is -0.918. The molecule has 0 atom stereocenters. The molecule has 0 aliphatic carbocycles. The van der Waals surface area contributed by atoms with Crippen LogP contribution in [0, 0.1) is 32.1 Å². The van der Waals surface area contributed by atoms with Crippen molar-refractivity contribution in [2.24, 2.45) is 0 Å². The number of hydrogen-bond donors (Lipinski definition) is 1. The molecule has 128 valence electrons. The number of ether oxygens (including phenoxy) is 1. The minimum atomic E-state index is -0.505. The van der Waals surface area contributed by atoms with Crippen molar-refractivity contribution in [2.45, 2.75) is 27.2 Å². The molecule has 0 bridgehead atoms. The van der Waals surface area contributed by atoms with E-state index in [0.29, 0.717) is 17.7 Å². The maximum atomic E-state index is 12.2. The summed E-state index contributed by atoms with van der Waals surface area (Å²) in [6, 6.07) is 12.8. The van der Waals surface area contributed by atoms with Gasteiger partial charge in [-0.2, -0.15) is 5.26 Å². The zero-order valence-electron chi connectivity index (χ0n) is 14.6. The van der Waals surface area contributed by atoms with Crippen molar-refractivity contribution in [3.8, 4) is 6.07 Å². The van der Waals surface area contributed by atoms with E-state index >= 15 is 0 Å². The van der Waals surface area contributed by atoms with Crippen LogP contribution in [-0.2, 0) is 16.0 Å². The van der Waals surface area contributed by atoms with Crippen LogP contribution in [0.4, 0.5) is 5.69 Å². The highest BCUT2D eigenvalue weighted by Crippen LogP contribution is 2.17. The number of hydrogen-bond acceptors (Lipinski definition) is 4. The van der Waals surface area contributed by atoms with Crippen molar-refractivity contribution in [1.82, 2.24) is 0 Å². The van der Waals surface area contributed by atoms with Crippen molar-refractivity contribution >= 4 is 17.6 Å². The number of nitrogens with zero attached hydrogens (tertiary/aromatic N) is 1. The zero-order chi connectivity index (χ0) is 18.4. The third-order valence-corrected chi connectivity index (χ3v) is 3.74. The summed E-state index contributed by atoms with van der Waals surface area (Å²) < 4.78 is 5.13. The number of nitriles is 1. The number of carbonyl (C=O) groups is 2. The molecule has 0 heterocycles. The number of rotatable bonds is 5. The number of nitrogens with one attached hydrogen (secondary N) is 1. The SMILES string of the molecule is Cc1cc(C)c(C(=O)OCC(=O)Nc2ccc(CC#N)cc2)c(C)c1. The van der Waals surface area contributed by atoms with Crippen LogP contribution in [0.15, 0.2) is 36.4 Å². The molecule has 0 radical (unpaired) electrons. The molecule has 0 unspecified atom stereocenters. The second-order valence-corrected chi connectivity index (χ2v) is 5.93. The molecule has 1 N–H and O–H groups in total. The lowest BCUT2D eigenvalue weighted by Gasteiger charge is -2.11. The first-order valence-corrected chi connectivity index (χ1v) is 7.91. The largest absolute Gasteiger partial charge is 0.452 e. The van der Waals surface area contributed by atoms with Crippen LogP contribution in [0.1, 0.15) is 32.6 Å². The van der Waals surface area contributed by atoms with Gasteiger partial charge in [-0.3, -0.25) is 4.79 Å². The minimum absolute atomic E-state index is 0.321. The fourth-order valence-corrected chi connectivity index (χ4v) is 2.70. The molecule has 5 heteroatoms. The summed E-state index contributed by atoms with van der Waals surface area (Å²) >= 11 is 0. The molecule has 1 amide bonds. The number of esters is 1. The van der Waals surface area contributed by atoms with E-state index in [0.717, 1.165) is 22.3 Å². The summed E-state index contributed by atoms with van der Waals surface area (Å²) in [7, 11) is 0. The molecule has 0 spiro atoms. The molecule has 0 aliphatic rings. The van der Waals surface area contributed by atoms with Crippen molar-refractivity contribution in [1.29, 1.82) is 5.26 Å². The van der Waals surface area contributed by atoms with Gasteiger partial charge in [0.05, 0.1) is 18.1 Å². The highest BCUT2D eigenvalue weighted by molar-refractivity contribution is 5.96. The third kappa shape index (κ3) is 4.92. The van der Waals surface area contributed by atoms with E-state index in [9.17, 15) is 9.59 Å². The summed E-state index contributed by atoms with van der Waals surface area (Å²) in [4.78, 5) is 24.2. The van der Waals surface area contributed by atoms with E-state index in [4.69, 9.17) is 10.00 Å². The van der Waals surface area contributed by atoms with Gasteiger partial charge in [0.15, 0.2) is 6.61 Å². The fourth-order valence-electron chi connectivity index (χ4n) is 2.70. The first kappa shape index (κ1) is 18.2. The van der Waals surface area contributed by atoms with Crippen LogP contribution in [0.3, 0.4) is 0 Å². The van der Waals surface area contributed by atoms with Gasteiger partial charge in [-0.15, -0.1) is 0 Å². The van der Waals surface area contributed by atoms with Crippen molar-refractivity contribution in [3.63, 3.8) is 0 Å². The molecule has 0 saturated heterocycles. The molecular weight excluding hydrogens is 316 g/mol. The van der Waals surface area contributed by atoms with Crippen LogP contribution in [0.2, 0.25) is 0 Å². The lowest BCUT2D eigenvalue weighted by molar-refractivity contribution is -0.119. The molecule has 0 saturated carbocycles. The van der Waals surface area contributed by atoms with Gasteiger partial charge >= 0.3 is 5.97 Å². The number of aryl methyl sites for hydroxylation is 3. The Morgan fingerprint density at radius 2 is 1.68 bits per heavy atom. The first-order valence-electron chi connectivity index (χ1n) is 7.91. The Balaban J connectivity index is 1.94. The molecule has 25 heavy (non-hydrogen) atoms. The standard InChI is InChI=1S/C20H20N2O3/c1-13-10-14(2)19(15(3)11-13)20(24)25-12-18(23)22-17-6-4-16(5-7-17)8-9-21/h4-7,10-11H,8,12H2,1-3H3,(H,22,23). The Morgan fingerprint density at radius 1 is 1.08 bits per heavy atom. The monoisotopic (exact) mass is 336 g/mol. The Bertz CT molecular complexity index is 810. The third-order valence-electron chi connectivity index (χ3n) is 3.74. The normalized spacial score (nSPS) is 10.0. The quantitative estimate of drug-likeness (QED) is 0.848. The molecule has 0 aliphatic heterocycles.